The predicted molar refractivity (Wildman–Crippen MR) is 127 cm³/mol. The van der Waals surface area contributed by atoms with Crippen molar-refractivity contribution in [3.8, 4) is 5.75 Å². The van der Waals surface area contributed by atoms with Gasteiger partial charge in [0.05, 0.1) is 12.6 Å². The molecule has 30 heavy (non-hydrogen) atoms. The molecule has 1 aliphatic carbocycles. The Balaban J connectivity index is 1.40. The Kier molecular flexibility index (Phi) is 14.2. The van der Waals surface area contributed by atoms with Crippen molar-refractivity contribution in [2.75, 3.05) is 65.4 Å². The minimum Gasteiger partial charge on any atom is -0.490 e. The molecule has 0 heterocycles. The van der Waals surface area contributed by atoms with Crippen molar-refractivity contribution in [3.63, 3.8) is 0 Å². The molecule has 1 fully saturated rings. The van der Waals surface area contributed by atoms with Gasteiger partial charge in [-0.2, -0.15) is 0 Å². The second kappa shape index (κ2) is 17.2. The fourth-order valence-electron chi connectivity index (χ4n) is 3.45. The van der Waals surface area contributed by atoms with E-state index in [4.69, 9.17) is 10.5 Å². The van der Waals surface area contributed by atoms with Crippen molar-refractivity contribution in [2.45, 2.75) is 38.2 Å². The van der Waals surface area contributed by atoms with E-state index in [9.17, 15) is 0 Å². The van der Waals surface area contributed by atoms with E-state index in [1.807, 2.05) is 6.21 Å². The van der Waals surface area contributed by atoms with Crippen molar-refractivity contribution in [3.05, 3.63) is 29.8 Å². The molecule has 1 aliphatic rings. The van der Waals surface area contributed by atoms with Crippen LogP contribution in [0.3, 0.4) is 0 Å². The molecule has 0 radical (unpaired) electrons. The summed E-state index contributed by atoms with van der Waals surface area (Å²) in [6, 6.07) is 8.29. The molecule has 0 bridgehead atoms. The smallest absolute Gasteiger partial charge is 0.119 e. The number of nitrogens with zero attached hydrogens (tertiary/aromatic N) is 1. The van der Waals surface area contributed by atoms with Gasteiger partial charge in [-0.25, -0.2) is 0 Å². The minimum atomic E-state index is 0.402. The van der Waals surface area contributed by atoms with Crippen molar-refractivity contribution in [2.24, 2.45) is 10.7 Å². The highest BCUT2D eigenvalue weighted by Gasteiger charge is 2.14. The lowest BCUT2D eigenvalue weighted by atomic mass is 9.98. The summed E-state index contributed by atoms with van der Waals surface area (Å²) in [6.45, 7) is 9.12. The normalized spacial score (nSPS) is 15.1. The van der Waals surface area contributed by atoms with Crippen LogP contribution in [0, 0.1) is 0 Å². The molecule has 1 aromatic rings. The van der Waals surface area contributed by atoms with Crippen molar-refractivity contribution >= 4 is 6.21 Å². The van der Waals surface area contributed by atoms with Crippen LogP contribution in [0.25, 0.3) is 0 Å². The molecule has 0 aromatic heterocycles. The lowest BCUT2D eigenvalue weighted by molar-refractivity contribution is 0.155. The molecule has 6 N–H and O–H groups in total. The first kappa shape index (κ1) is 24.8. The number of benzene rings is 1. The second-order valence-corrected chi connectivity index (χ2v) is 7.77. The van der Waals surface area contributed by atoms with Gasteiger partial charge < -0.3 is 31.7 Å². The Morgan fingerprint density at radius 2 is 1.37 bits per heavy atom. The standard InChI is InChI=1S/C23H42N6O/c24-10-11-25-12-13-26-14-15-27-16-17-28-18-19-29-20-21-6-8-23(9-7-21)30-22-4-2-1-3-5-22/h6-9,20,22,25-28H,1-5,10-19,24H2. The van der Waals surface area contributed by atoms with Crippen LogP contribution >= 0.6 is 0 Å². The van der Waals surface area contributed by atoms with Crippen LogP contribution in [0.1, 0.15) is 37.7 Å². The first-order valence-corrected chi connectivity index (χ1v) is 11.7. The summed E-state index contributed by atoms with van der Waals surface area (Å²) in [5.74, 6) is 0.978. The quantitative estimate of drug-likeness (QED) is 0.192. The van der Waals surface area contributed by atoms with Crippen molar-refractivity contribution in [1.82, 2.24) is 21.3 Å². The topological polar surface area (TPSA) is 95.7 Å². The van der Waals surface area contributed by atoms with E-state index in [-0.39, 0.29) is 0 Å². The van der Waals surface area contributed by atoms with Gasteiger partial charge in [0, 0.05) is 65.1 Å². The van der Waals surface area contributed by atoms with E-state index in [2.05, 4.69) is 50.5 Å². The number of rotatable bonds is 17. The lowest BCUT2D eigenvalue weighted by Crippen LogP contribution is -2.36. The average molecular weight is 419 g/mol. The molecule has 0 aliphatic heterocycles. The Morgan fingerprint density at radius 3 is 1.97 bits per heavy atom. The largest absolute Gasteiger partial charge is 0.490 e. The van der Waals surface area contributed by atoms with E-state index in [1.54, 1.807) is 0 Å². The number of aliphatic imine (C=N–C) groups is 1. The highest BCUT2D eigenvalue weighted by Crippen LogP contribution is 2.23. The molecular formula is C23H42N6O. The van der Waals surface area contributed by atoms with E-state index in [0.717, 1.165) is 70.2 Å². The van der Waals surface area contributed by atoms with Gasteiger partial charge in [-0.1, -0.05) is 6.42 Å². The lowest BCUT2D eigenvalue weighted by Gasteiger charge is -2.22. The molecule has 170 valence electrons. The van der Waals surface area contributed by atoms with Gasteiger partial charge in [0.1, 0.15) is 5.75 Å². The molecule has 0 amide bonds. The molecular weight excluding hydrogens is 376 g/mol. The maximum absolute atomic E-state index is 6.07. The number of nitrogens with one attached hydrogen (secondary N) is 4. The maximum Gasteiger partial charge on any atom is 0.119 e. The van der Waals surface area contributed by atoms with Gasteiger partial charge >= 0.3 is 0 Å². The van der Waals surface area contributed by atoms with Gasteiger partial charge in [0.15, 0.2) is 0 Å². The summed E-state index contributed by atoms with van der Waals surface area (Å²) in [4.78, 5) is 4.50. The monoisotopic (exact) mass is 418 g/mol. The number of hydrogen-bond acceptors (Lipinski definition) is 7. The molecule has 1 saturated carbocycles. The van der Waals surface area contributed by atoms with Crippen LogP contribution in [0.4, 0.5) is 0 Å². The summed E-state index contributed by atoms with van der Waals surface area (Å²) in [5.41, 5.74) is 6.55. The SMILES string of the molecule is NCCNCCNCCNCCNCCN=Cc1ccc(OC2CCCCC2)cc1. The molecule has 0 spiro atoms. The molecule has 7 nitrogen and oxygen atoms in total. The predicted octanol–water partition coefficient (Wildman–Crippen LogP) is 1.13. The molecule has 0 unspecified atom stereocenters. The molecule has 0 saturated heterocycles. The number of ether oxygens (including phenoxy) is 1. The molecule has 0 atom stereocenters. The average Bonchev–Trinajstić information content (AvgIpc) is 2.78. The summed E-state index contributed by atoms with van der Waals surface area (Å²) < 4.78 is 6.07. The third-order valence-electron chi connectivity index (χ3n) is 5.15. The number of hydrogen-bond donors (Lipinski definition) is 5. The zero-order valence-corrected chi connectivity index (χ0v) is 18.5. The van der Waals surface area contributed by atoms with Crippen LogP contribution < -0.4 is 31.7 Å². The van der Waals surface area contributed by atoms with E-state index >= 15 is 0 Å². The first-order valence-electron chi connectivity index (χ1n) is 11.7. The van der Waals surface area contributed by atoms with Gasteiger partial charge in [-0.05, 0) is 55.5 Å². The van der Waals surface area contributed by atoms with Crippen LogP contribution in [0.15, 0.2) is 29.3 Å². The zero-order chi connectivity index (χ0) is 21.1. The Morgan fingerprint density at radius 1 is 0.800 bits per heavy atom. The van der Waals surface area contributed by atoms with Gasteiger partial charge in [0.25, 0.3) is 0 Å². The van der Waals surface area contributed by atoms with Crippen LogP contribution in [0.5, 0.6) is 5.75 Å². The first-order chi connectivity index (χ1) is 14.9. The summed E-state index contributed by atoms with van der Waals surface area (Å²) in [6.07, 6.45) is 8.67. The fourth-order valence-corrected chi connectivity index (χ4v) is 3.45. The molecule has 7 heteroatoms. The fraction of sp³-hybridized carbons (Fsp3) is 0.696. The van der Waals surface area contributed by atoms with Crippen molar-refractivity contribution < 1.29 is 4.74 Å². The van der Waals surface area contributed by atoms with Crippen LogP contribution in [0.2, 0.25) is 0 Å². The minimum absolute atomic E-state index is 0.402. The number of nitrogens with two attached hydrogens (primary N) is 1. The van der Waals surface area contributed by atoms with Gasteiger partial charge in [-0.3, -0.25) is 4.99 Å². The summed E-state index contributed by atoms with van der Waals surface area (Å²) >= 11 is 0. The summed E-state index contributed by atoms with van der Waals surface area (Å²) in [5, 5.41) is 13.5. The van der Waals surface area contributed by atoms with Gasteiger partial charge in [-0.15, -0.1) is 0 Å². The molecule has 1 aromatic carbocycles. The highest BCUT2D eigenvalue weighted by atomic mass is 16.5. The van der Waals surface area contributed by atoms with E-state index in [0.29, 0.717) is 12.6 Å². The van der Waals surface area contributed by atoms with Crippen molar-refractivity contribution in [1.29, 1.82) is 0 Å². The Bertz CT molecular complexity index is 545. The second-order valence-electron chi connectivity index (χ2n) is 7.77. The Labute approximate surface area is 182 Å². The van der Waals surface area contributed by atoms with E-state index < -0.39 is 0 Å². The summed E-state index contributed by atoms with van der Waals surface area (Å²) in [7, 11) is 0. The Hall–Kier alpha value is -1.51. The van der Waals surface area contributed by atoms with Gasteiger partial charge in [0.2, 0.25) is 0 Å². The zero-order valence-electron chi connectivity index (χ0n) is 18.5. The molecule has 2 rings (SSSR count). The third kappa shape index (κ3) is 12.2. The highest BCUT2D eigenvalue weighted by molar-refractivity contribution is 5.79. The van der Waals surface area contributed by atoms with Crippen LogP contribution in [-0.4, -0.2) is 77.8 Å². The third-order valence-corrected chi connectivity index (χ3v) is 5.15. The van der Waals surface area contributed by atoms with Crippen LogP contribution in [-0.2, 0) is 0 Å². The van der Waals surface area contributed by atoms with E-state index in [1.165, 1.54) is 32.1 Å². The maximum atomic E-state index is 6.07.